The summed E-state index contributed by atoms with van der Waals surface area (Å²) in [7, 11) is 1.95. The SMILES string of the molecule is COC1CCC2(C)C(CCC3(C)C4CCC5(C6=NCCO6)CCCC5C4CCC32)C1(C)C. The lowest BCUT2D eigenvalue weighted by Gasteiger charge is -2.69. The van der Waals surface area contributed by atoms with E-state index in [1.807, 2.05) is 7.11 Å². The van der Waals surface area contributed by atoms with Gasteiger partial charge in [-0.3, -0.25) is 4.99 Å². The summed E-state index contributed by atoms with van der Waals surface area (Å²) in [6, 6.07) is 0. The van der Waals surface area contributed by atoms with Crippen molar-refractivity contribution in [2.75, 3.05) is 20.3 Å². The Labute approximate surface area is 196 Å². The molecular weight excluding hydrogens is 394 g/mol. The highest BCUT2D eigenvalue weighted by molar-refractivity contribution is 5.84. The number of rotatable bonds is 2. The van der Waals surface area contributed by atoms with E-state index in [0.29, 0.717) is 27.8 Å². The second kappa shape index (κ2) is 7.22. The molecule has 0 amide bonds. The minimum atomic E-state index is 0.297. The molecule has 9 unspecified atom stereocenters. The second-order valence-corrected chi connectivity index (χ2v) is 13.8. The molecule has 3 heteroatoms. The van der Waals surface area contributed by atoms with Gasteiger partial charge in [0.05, 0.1) is 12.6 Å². The van der Waals surface area contributed by atoms with Crippen molar-refractivity contribution in [1.82, 2.24) is 0 Å². The molecule has 5 aliphatic carbocycles. The van der Waals surface area contributed by atoms with Crippen LogP contribution in [0.4, 0.5) is 0 Å². The summed E-state index contributed by atoms with van der Waals surface area (Å²) >= 11 is 0. The van der Waals surface area contributed by atoms with Crippen LogP contribution in [0.3, 0.4) is 0 Å². The second-order valence-electron chi connectivity index (χ2n) is 13.8. The molecule has 5 saturated carbocycles. The van der Waals surface area contributed by atoms with Crippen molar-refractivity contribution in [3.8, 4) is 0 Å². The normalized spacial score (nSPS) is 54.0. The van der Waals surface area contributed by atoms with Crippen molar-refractivity contribution in [2.24, 2.45) is 56.2 Å². The molecule has 0 radical (unpaired) electrons. The number of hydrogen-bond donors (Lipinski definition) is 0. The first kappa shape index (κ1) is 21.9. The fourth-order valence-electron chi connectivity index (χ4n) is 11.6. The summed E-state index contributed by atoms with van der Waals surface area (Å²) < 4.78 is 12.2. The number of methoxy groups -OCH3 is 1. The number of nitrogens with zero attached hydrogens (tertiary/aromatic N) is 1. The standard InChI is InChI=1S/C29H47NO2/c1-26(2)22-11-14-27(3)20-10-16-29(25-30-17-18-32-25)13-6-7-21(29)19(20)8-9-23(27)28(22,4)15-12-24(26)31-5/h19-24H,6-18H2,1-5H3. The zero-order chi connectivity index (χ0) is 22.4. The average molecular weight is 442 g/mol. The quantitative estimate of drug-likeness (QED) is 0.467. The minimum Gasteiger partial charge on any atom is -0.479 e. The Bertz CT molecular complexity index is 790. The summed E-state index contributed by atoms with van der Waals surface area (Å²) in [4.78, 5) is 4.91. The van der Waals surface area contributed by atoms with Gasteiger partial charge >= 0.3 is 0 Å². The van der Waals surface area contributed by atoms with Crippen LogP contribution < -0.4 is 0 Å². The smallest absolute Gasteiger partial charge is 0.190 e. The molecule has 180 valence electrons. The molecule has 1 aliphatic heterocycles. The number of ether oxygens (including phenoxy) is 2. The van der Waals surface area contributed by atoms with Crippen LogP contribution in [-0.4, -0.2) is 32.3 Å². The average Bonchev–Trinajstić information content (AvgIpc) is 3.43. The van der Waals surface area contributed by atoms with Gasteiger partial charge < -0.3 is 9.47 Å². The fourth-order valence-corrected chi connectivity index (χ4v) is 11.6. The Hall–Kier alpha value is -0.570. The van der Waals surface area contributed by atoms with Crippen molar-refractivity contribution in [1.29, 1.82) is 0 Å². The Morgan fingerprint density at radius 2 is 1.62 bits per heavy atom. The third-order valence-electron chi connectivity index (χ3n) is 12.7. The summed E-state index contributed by atoms with van der Waals surface area (Å²) in [5.74, 6) is 5.53. The van der Waals surface area contributed by atoms with E-state index < -0.39 is 0 Å². The molecule has 32 heavy (non-hydrogen) atoms. The van der Waals surface area contributed by atoms with Crippen LogP contribution in [0.5, 0.6) is 0 Å². The van der Waals surface area contributed by atoms with Crippen LogP contribution in [0.15, 0.2) is 4.99 Å². The largest absolute Gasteiger partial charge is 0.479 e. The molecule has 0 N–H and O–H groups in total. The maximum atomic E-state index is 6.18. The zero-order valence-corrected chi connectivity index (χ0v) is 21.4. The van der Waals surface area contributed by atoms with Crippen molar-refractivity contribution in [3.05, 3.63) is 0 Å². The highest BCUT2D eigenvalue weighted by atomic mass is 16.5. The van der Waals surface area contributed by atoms with Crippen LogP contribution >= 0.6 is 0 Å². The first-order chi connectivity index (χ1) is 15.3. The van der Waals surface area contributed by atoms with Gasteiger partial charge in [-0.1, -0.05) is 34.1 Å². The first-order valence-electron chi connectivity index (χ1n) is 14.0. The van der Waals surface area contributed by atoms with E-state index in [1.54, 1.807) is 0 Å². The fraction of sp³-hybridized carbons (Fsp3) is 0.966. The molecule has 0 bridgehead atoms. The zero-order valence-electron chi connectivity index (χ0n) is 21.4. The molecule has 0 aromatic heterocycles. The molecule has 6 rings (SSSR count). The molecule has 0 aromatic rings. The molecular formula is C29H47NO2. The highest BCUT2D eigenvalue weighted by Gasteiger charge is 2.67. The third kappa shape index (κ3) is 2.67. The molecule has 0 saturated heterocycles. The lowest BCUT2D eigenvalue weighted by molar-refractivity contribution is -0.216. The maximum absolute atomic E-state index is 6.18. The van der Waals surface area contributed by atoms with Gasteiger partial charge in [0.15, 0.2) is 5.90 Å². The molecule has 1 heterocycles. The van der Waals surface area contributed by atoms with Crippen LogP contribution in [0.25, 0.3) is 0 Å². The molecule has 5 fully saturated rings. The monoisotopic (exact) mass is 441 g/mol. The molecule has 0 spiro atoms. The maximum Gasteiger partial charge on any atom is 0.190 e. The van der Waals surface area contributed by atoms with Gasteiger partial charge in [0, 0.05) is 12.5 Å². The Balaban J connectivity index is 1.31. The van der Waals surface area contributed by atoms with Crippen LogP contribution in [0.1, 0.15) is 98.3 Å². The lowest BCUT2D eigenvalue weighted by atomic mass is 9.36. The predicted octanol–water partition coefficient (Wildman–Crippen LogP) is 6.90. The van der Waals surface area contributed by atoms with E-state index >= 15 is 0 Å². The van der Waals surface area contributed by atoms with Crippen molar-refractivity contribution in [3.63, 3.8) is 0 Å². The topological polar surface area (TPSA) is 30.8 Å². The van der Waals surface area contributed by atoms with E-state index in [2.05, 4.69) is 27.7 Å². The minimum absolute atomic E-state index is 0.297. The van der Waals surface area contributed by atoms with E-state index in [4.69, 9.17) is 14.5 Å². The van der Waals surface area contributed by atoms with Gasteiger partial charge in [-0.25, -0.2) is 0 Å². The number of fused-ring (bicyclic) bond motifs is 7. The summed E-state index contributed by atoms with van der Waals surface area (Å²) in [5.41, 5.74) is 1.61. The van der Waals surface area contributed by atoms with E-state index in [0.717, 1.165) is 42.7 Å². The van der Waals surface area contributed by atoms with Gasteiger partial charge in [0.2, 0.25) is 0 Å². The molecule has 0 aromatic carbocycles. The van der Waals surface area contributed by atoms with Gasteiger partial charge in [-0.15, -0.1) is 0 Å². The van der Waals surface area contributed by atoms with E-state index in [1.165, 1.54) is 76.5 Å². The Morgan fingerprint density at radius 1 is 0.812 bits per heavy atom. The summed E-state index contributed by atoms with van der Waals surface area (Å²) in [6.45, 7) is 12.2. The van der Waals surface area contributed by atoms with Gasteiger partial charge in [0.1, 0.15) is 6.61 Å². The number of hydrogen-bond acceptors (Lipinski definition) is 3. The Morgan fingerprint density at radius 3 is 2.38 bits per heavy atom. The van der Waals surface area contributed by atoms with Gasteiger partial charge in [-0.2, -0.15) is 0 Å². The first-order valence-corrected chi connectivity index (χ1v) is 14.0. The van der Waals surface area contributed by atoms with Crippen molar-refractivity contribution < 1.29 is 9.47 Å². The van der Waals surface area contributed by atoms with Crippen LogP contribution in [0, 0.1) is 51.2 Å². The predicted molar refractivity (Wildman–Crippen MR) is 130 cm³/mol. The summed E-state index contributed by atoms with van der Waals surface area (Å²) in [6.07, 6.45) is 15.7. The van der Waals surface area contributed by atoms with Gasteiger partial charge in [0.25, 0.3) is 0 Å². The third-order valence-corrected chi connectivity index (χ3v) is 12.7. The number of aliphatic imine (C=N–C) groups is 1. The van der Waals surface area contributed by atoms with E-state index in [9.17, 15) is 0 Å². The highest BCUT2D eigenvalue weighted by Crippen LogP contribution is 2.73. The van der Waals surface area contributed by atoms with Crippen molar-refractivity contribution >= 4 is 5.90 Å². The Kier molecular flexibility index (Phi) is 4.95. The van der Waals surface area contributed by atoms with E-state index in [-0.39, 0.29) is 0 Å². The van der Waals surface area contributed by atoms with Crippen LogP contribution in [-0.2, 0) is 9.47 Å². The molecule has 9 atom stereocenters. The lowest BCUT2D eigenvalue weighted by Crippen LogP contribution is -2.63. The summed E-state index contributed by atoms with van der Waals surface area (Å²) in [5, 5.41) is 0. The van der Waals surface area contributed by atoms with Crippen molar-refractivity contribution in [2.45, 2.75) is 104 Å². The van der Waals surface area contributed by atoms with Gasteiger partial charge in [-0.05, 0) is 110 Å². The molecule has 6 aliphatic rings. The molecule has 3 nitrogen and oxygen atoms in total. The van der Waals surface area contributed by atoms with Crippen LogP contribution in [0.2, 0.25) is 0 Å².